The van der Waals surface area contributed by atoms with Crippen molar-refractivity contribution in [1.82, 2.24) is 26.6 Å². The number of carbonyl (C=O) groups is 5. The van der Waals surface area contributed by atoms with E-state index in [2.05, 4.69) is 75.1 Å². The monoisotopic (exact) mass is 795 g/mol. The van der Waals surface area contributed by atoms with Crippen LogP contribution in [-0.4, -0.2) is 93.7 Å². The lowest BCUT2D eigenvalue weighted by Gasteiger charge is -2.32. The molecule has 0 radical (unpaired) electrons. The zero-order valence-electron chi connectivity index (χ0n) is 35.5. The van der Waals surface area contributed by atoms with Crippen LogP contribution in [0, 0.1) is 19.3 Å². The minimum Gasteiger partial charge on any atom is -0.379 e. The van der Waals surface area contributed by atoms with Gasteiger partial charge in [-0.15, -0.1) is 0 Å². The van der Waals surface area contributed by atoms with Crippen molar-refractivity contribution in [3.05, 3.63) is 70.8 Å². The summed E-state index contributed by atoms with van der Waals surface area (Å²) in [6.07, 6.45) is 2.95. The summed E-state index contributed by atoms with van der Waals surface area (Å²) in [5, 5.41) is 14.2. The quantitative estimate of drug-likeness (QED) is 0.0687. The Hall–Kier alpha value is -4.33. The Balaban J connectivity index is 1.71. The third-order valence-electron chi connectivity index (χ3n) is 9.53. The van der Waals surface area contributed by atoms with Crippen LogP contribution in [0.25, 0.3) is 0 Å². The fraction of sp³-hybridized carbons (Fsp3) is 0.614. The highest BCUT2D eigenvalue weighted by Crippen LogP contribution is 2.25. The van der Waals surface area contributed by atoms with Crippen LogP contribution in [0.1, 0.15) is 114 Å². The van der Waals surface area contributed by atoms with E-state index in [1.165, 1.54) is 0 Å². The lowest BCUT2D eigenvalue weighted by molar-refractivity contribution is -0.130. The number of nitrogens with two attached hydrogens (primary N) is 1. The Labute approximate surface area is 340 Å². The summed E-state index contributed by atoms with van der Waals surface area (Å²) >= 11 is 0. The predicted octanol–water partition coefficient (Wildman–Crippen LogP) is 4.32. The standard InChI is InChI=1S/C44H70N6O7/c1-8-9-10-37(42(55)49-29-36(34-15-11-32(2)12-16-34)35-17-13-33(3)14-18-35)50-41(54)22-21-40(53)48-27-28-56-30-43(4,5)31-57-44(6,7)23-25-46-38(51)19-20-39(52)47-26-24-45/h11-18,36-37H,8-10,19-31,45H2,1-7H3,(H,46,51)(H,47,52)(H,48,53)(H,49,55)(H,50,54). The van der Waals surface area contributed by atoms with Gasteiger partial charge in [0.1, 0.15) is 6.04 Å². The van der Waals surface area contributed by atoms with Crippen molar-refractivity contribution in [3.8, 4) is 0 Å². The van der Waals surface area contributed by atoms with Gasteiger partial charge in [-0.3, -0.25) is 24.0 Å². The Morgan fingerprint density at radius 2 is 1.19 bits per heavy atom. The van der Waals surface area contributed by atoms with Crippen LogP contribution in [0.15, 0.2) is 48.5 Å². The Morgan fingerprint density at radius 1 is 0.684 bits per heavy atom. The molecule has 0 aromatic heterocycles. The van der Waals surface area contributed by atoms with Crippen molar-refractivity contribution in [2.45, 2.75) is 117 Å². The summed E-state index contributed by atoms with van der Waals surface area (Å²) in [6, 6.07) is 15.9. The zero-order valence-corrected chi connectivity index (χ0v) is 35.5. The van der Waals surface area contributed by atoms with Crippen molar-refractivity contribution in [3.63, 3.8) is 0 Å². The van der Waals surface area contributed by atoms with Crippen molar-refractivity contribution < 1.29 is 33.4 Å². The molecule has 57 heavy (non-hydrogen) atoms. The number of amides is 5. The molecule has 13 nitrogen and oxygen atoms in total. The first-order chi connectivity index (χ1) is 27.0. The average Bonchev–Trinajstić information content (AvgIpc) is 3.17. The molecule has 0 spiro atoms. The van der Waals surface area contributed by atoms with E-state index in [1.807, 2.05) is 48.5 Å². The summed E-state index contributed by atoms with van der Waals surface area (Å²) in [7, 11) is 0. The highest BCUT2D eigenvalue weighted by atomic mass is 16.5. The number of benzene rings is 2. The molecule has 7 N–H and O–H groups in total. The van der Waals surface area contributed by atoms with Gasteiger partial charge in [0.2, 0.25) is 29.5 Å². The maximum atomic E-state index is 13.4. The smallest absolute Gasteiger partial charge is 0.242 e. The molecule has 2 aromatic carbocycles. The third-order valence-corrected chi connectivity index (χ3v) is 9.53. The van der Waals surface area contributed by atoms with Gasteiger partial charge >= 0.3 is 0 Å². The van der Waals surface area contributed by atoms with E-state index in [1.54, 1.807) is 0 Å². The molecule has 13 heteroatoms. The SMILES string of the molecule is CCCCC(NC(=O)CCC(=O)NCCOCC(C)(C)COC(C)(C)CCNC(=O)CCC(=O)NCCN)C(=O)NCC(c1ccc(C)cc1)c1ccc(C)cc1. The van der Waals surface area contributed by atoms with Crippen molar-refractivity contribution >= 4 is 29.5 Å². The largest absolute Gasteiger partial charge is 0.379 e. The average molecular weight is 795 g/mol. The minimum atomic E-state index is -0.692. The van der Waals surface area contributed by atoms with Crippen LogP contribution in [-0.2, 0) is 33.4 Å². The summed E-state index contributed by atoms with van der Waals surface area (Å²) in [4.78, 5) is 62.6. The molecular weight excluding hydrogens is 725 g/mol. The number of aryl methyl sites for hydroxylation is 2. The van der Waals surface area contributed by atoms with Crippen LogP contribution in [0.2, 0.25) is 0 Å². The molecule has 5 amide bonds. The summed E-state index contributed by atoms with van der Waals surface area (Å²) in [6.45, 7) is 17.1. The van der Waals surface area contributed by atoms with E-state index in [0.29, 0.717) is 65.4 Å². The van der Waals surface area contributed by atoms with Crippen LogP contribution < -0.4 is 32.3 Å². The lowest BCUT2D eigenvalue weighted by Crippen LogP contribution is -2.47. The topological polar surface area (TPSA) is 190 Å². The molecule has 0 saturated carbocycles. The molecule has 0 saturated heterocycles. The van der Waals surface area contributed by atoms with E-state index >= 15 is 0 Å². The maximum absolute atomic E-state index is 13.4. The van der Waals surface area contributed by atoms with Crippen LogP contribution in [0.4, 0.5) is 0 Å². The van der Waals surface area contributed by atoms with Gasteiger partial charge in [0.05, 0.1) is 25.4 Å². The van der Waals surface area contributed by atoms with Crippen molar-refractivity contribution in [2.75, 3.05) is 52.5 Å². The lowest BCUT2D eigenvalue weighted by atomic mass is 9.90. The number of ether oxygens (including phenoxy) is 2. The van der Waals surface area contributed by atoms with E-state index < -0.39 is 11.6 Å². The van der Waals surface area contributed by atoms with Gasteiger partial charge < -0.3 is 41.8 Å². The predicted molar refractivity (Wildman–Crippen MR) is 224 cm³/mol. The van der Waals surface area contributed by atoms with Gasteiger partial charge in [0.25, 0.3) is 0 Å². The zero-order chi connectivity index (χ0) is 42.3. The fourth-order valence-electron chi connectivity index (χ4n) is 5.84. The molecule has 0 aliphatic heterocycles. The molecule has 318 valence electrons. The molecule has 0 aliphatic carbocycles. The Kier molecular flexibility index (Phi) is 22.1. The number of carbonyl (C=O) groups excluding carboxylic acids is 5. The number of rotatable bonds is 28. The normalized spacial score (nSPS) is 12.2. The fourth-order valence-corrected chi connectivity index (χ4v) is 5.84. The second-order valence-electron chi connectivity index (χ2n) is 16.2. The molecule has 0 fully saturated rings. The second-order valence-corrected chi connectivity index (χ2v) is 16.2. The van der Waals surface area contributed by atoms with Crippen molar-refractivity contribution in [2.24, 2.45) is 11.1 Å². The third kappa shape index (κ3) is 21.1. The second kappa shape index (κ2) is 25.8. The van der Waals surface area contributed by atoms with Gasteiger partial charge in [0.15, 0.2) is 0 Å². The highest BCUT2D eigenvalue weighted by molar-refractivity contribution is 5.89. The molecule has 1 unspecified atom stereocenters. The summed E-state index contributed by atoms with van der Waals surface area (Å²) in [5.74, 6) is -1.28. The Morgan fingerprint density at radius 3 is 1.72 bits per heavy atom. The van der Waals surface area contributed by atoms with Crippen molar-refractivity contribution in [1.29, 1.82) is 0 Å². The molecule has 2 rings (SSSR count). The minimum absolute atomic E-state index is 0.00410. The van der Waals surface area contributed by atoms with E-state index in [-0.39, 0.29) is 66.6 Å². The van der Waals surface area contributed by atoms with Gasteiger partial charge in [-0.25, -0.2) is 0 Å². The van der Waals surface area contributed by atoms with E-state index in [0.717, 1.165) is 35.1 Å². The van der Waals surface area contributed by atoms with E-state index in [9.17, 15) is 24.0 Å². The first-order valence-electron chi connectivity index (χ1n) is 20.5. The van der Waals surface area contributed by atoms with Crippen LogP contribution in [0.3, 0.4) is 0 Å². The van der Waals surface area contributed by atoms with Gasteiger partial charge in [-0.2, -0.15) is 0 Å². The maximum Gasteiger partial charge on any atom is 0.242 e. The summed E-state index contributed by atoms with van der Waals surface area (Å²) < 4.78 is 12.0. The van der Waals surface area contributed by atoms with Crippen LogP contribution in [0.5, 0.6) is 0 Å². The highest BCUT2D eigenvalue weighted by Gasteiger charge is 2.26. The van der Waals surface area contributed by atoms with E-state index in [4.69, 9.17) is 15.2 Å². The van der Waals surface area contributed by atoms with Gasteiger partial charge in [-0.1, -0.05) is 93.3 Å². The number of hydrogen-bond donors (Lipinski definition) is 6. The number of nitrogens with one attached hydrogen (secondary N) is 5. The van der Waals surface area contributed by atoms with Gasteiger partial charge in [0, 0.05) is 69.7 Å². The molecule has 1 atom stereocenters. The molecular formula is C44H70N6O7. The molecule has 0 heterocycles. The summed E-state index contributed by atoms with van der Waals surface area (Å²) in [5.41, 5.74) is 9.10. The molecule has 2 aromatic rings. The van der Waals surface area contributed by atoms with Gasteiger partial charge in [-0.05, 0) is 51.7 Å². The first kappa shape index (κ1) is 48.8. The van der Waals surface area contributed by atoms with Crippen LogP contribution >= 0.6 is 0 Å². The Bertz CT molecular complexity index is 1480. The molecule has 0 bridgehead atoms. The molecule has 0 aliphatic rings. The first-order valence-corrected chi connectivity index (χ1v) is 20.5. The number of unbranched alkanes of at least 4 members (excludes halogenated alkanes) is 1. The number of hydrogen-bond acceptors (Lipinski definition) is 8.